The minimum Gasteiger partial charge on any atom is -0.444 e. The molecule has 8 nitrogen and oxygen atoms in total. The van der Waals surface area contributed by atoms with Crippen molar-refractivity contribution in [1.82, 2.24) is 9.55 Å². The standard InChI is InChI=1S/C23H23F3N4O4/c1-22(2,3)34-21(33)29-17-9-8-14(23(24,25)26)12-18(17)28-19(31)10-11-30-13-27-16-7-5-4-6-15(16)20(30)32/h4-9,12-13H,10-11H2,1-3H3,(H,28,31)(H,29,33). The van der Waals surface area contributed by atoms with Gasteiger partial charge in [0.25, 0.3) is 5.56 Å². The van der Waals surface area contributed by atoms with E-state index in [-0.39, 0.29) is 29.9 Å². The fourth-order valence-electron chi connectivity index (χ4n) is 3.05. The molecule has 2 amide bonds. The molecule has 0 unspecified atom stereocenters. The lowest BCUT2D eigenvalue weighted by Crippen LogP contribution is -2.28. The number of benzene rings is 2. The number of fused-ring (bicyclic) bond motifs is 1. The van der Waals surface area contributed by atoms with Crippen LogP contribution in [-0.2, 0) is 22.3 Å². The Bertz CT molecular complexity index is 1280. The Morgan fingerprint density at radius 1 is 1.03 bits per heavy atom. The molecule has 0 aliphatic rings. The highest BCUT2D eigenvalue weighted by molar-refractivity contribution is 5.98. The molecule has 0 aliphatic carbocycles. The van der Waals surface area contributed by atoms with Crippen LogP contribution in [0.2, 0.25) is 0 Å². The second kappa shape index (κ2) is 9.54. The zero-order chi connectivity index (χ0) is 25.1. The number of ether oxygens (including phenoxy) is 1. The maximum Gasteiger partial charge on any atom is 0.416 e. The van der Waals surface area contributed by atoms with E-state index in [1.54, 1.807) is 45.0 Å². The summed E-state index contributed by atoms with van der Waals surface area (Å²) < 4.78 is 45.9. The summed E-state index contributed by atoms with van der Waals surface area (Å²) >= 11 is 0. The number of aryl methyl sites for hydroxylation is 1. The first-order chi connectivity index (χ1) is 15.8. The summed E-state index contributed by atoms with van der Waals surface area (Å²) in [7, 11) is 0. The zero-order valence-corrected chi connectivity index (χ0v) is 18.7. The highest BCUT2D eigenvalue weighted by atomic mass is 19.4. The van der Waals surface area contributed by atoms with Crippen LogP contribution in [0.5, 0.6) is 0 Å². The molecule has 2 aromatic carbocycles. The van der Waals surface area contributed by atoms with Crippen LogP contribution >= 0.6 is 0 Å². The van der Waals surface area contributed by atoms with Crippen LogP contribution in [0.25, 0.3) is 10.9 Å². The highest BCUT2D eigenvalue weighted by Gasteiger charge is 2.31. The number of nitrogens with zero attached hydrogens (tertiary/aromatic N) is 2. The van der Waals surface area contributed by atoms with Gasteiger partial charge in [0, 0.05) is 13.0 Å². The number of hydrogen-bond acceptors (Lipinski definition) is 5. The Hall–Kier alpha value is -3.89. The maximum atomic E-state index is 13.2. The molecule has 1 heterocycles. The highest BCUT2D eigenvalue weighted by Crippen LogP contribution is 2.34. The zero-order valence-electron chi connectivity index (χ0n) is 18.7. The van der Waals surface area contributed by atoms with Crippen LogP contribution in [0.3, 0.4) is 0 Å². The van der Waals surface area contributed by atoms with Gasteiger partial charge in [-0.1, -0.05) is 12.1 Å². The van der Waals surface area contributed by atoms with E-state index in [2.05, 4.69) is 15.6 Å². The van der Waals surface area contributed by atoms with E-state index in [1.165, 1.54) is 10.9 Å². The van der Waals surface area contributed by atoms with E-state index in [1.807, 2.05) is 0 Å². The van der Waals surface area contributed by atoms with Crippen LogP contribution in [-0.4, -0.2) is 27.2 Å². The predicted octanol–water partition coefficient (Wildman–Crippen LogP) is 4.79. The van der Waals surface area contributed by atoms with Crippen molar-refractivity contribution in [2.24, 2.45) is 0 Å². The molecular formula is C23H23F3N4O4. The van der Waals surface area contributed by atoms with Crippen LogP contribution in [0.4, 0.5) is 29.3 Å². The Morgan fingerprint density at radius 2 is 1.74 bits per heavy atom. The molecule has 0 radical (unpaired) electrons. The minimum atomic E-state index is -4.66. The molecule has 11 heteroatoms. The number of amides is 2. The van der Waals surface area contributed by atoms with Gasteiger partial charge in [0.1, 0.15) is 5.60 Å². The number of hydrogen-bond donors (Lipinski definition) is 2. The number of anilines is 2. The molecule has 0 bridgehead atoms. The first kappa shape index (κ1) is 24.7. The van der Waals surface area contributed by atoms with Crippen molar-refractivity contribution in [3.63, 3.8) is 0 Å². The summed E-state index contributed by atoms with van der Waals surface area (Å²) in [6, 6.07) is 9.25. The molecule has 180 valence electrons. The Balaban J connectivity index is 1.78. The summed E-state index contributed by atoms with van der Waals surface area (Å²) in [6.45, 7) is 4.85. The van der Waals surface area contributed by atoms with E-state index in [0.717, 1.165) is 12.1 Å². The molecular weight excluding hydrogens is 453 g/mol. The Morgan fingerprint density at radius 3 is 2.41 bits per heavy atom. The van der Waals surface area contributed by atoms with Crippen LogP contribution in [0, 0.1) is 0 Å². The smallest absolute Gasteiger partial charge is 0.416 e. The van der Waals surface area contributed by atoms with Gasteiger partial charge in [0.15, 0.2) is 0 Å². The van der Waals surface area contributed by atoms with Gasteiger partial charge in [-0.15, -0.1) is 0 Å². The van der Waals surface area contributed by atoms with E-state index in [0.29, 0.717) is 17.0 Å². The second-order valence-corrected chi connectivity index (χ2v) is 8.44. The lowest BCUT2D eigenvalue weighted by Gasteiger charge is -2.21. The van der Waals surface area contributed by atoms with Gasteiger partial charge in [-0.05, 0) is 51.1 Å². The lowest BCUT2D eigenvalue weighted by atomic mass is 10.1. The summed E-state index contributed by atoms with van der Waals surface area (Å²) in [4.78, 5) is 41.3. The van der Waals surface area contributed by atoms with Crippen molar-refractivity contribution < 1.29 is 27.5 Å². The second-order valence-electron chi connectivity index (χ2n) is 8.44. The molecule has 3 rings (SSSR count). The van der Waals surface area contributed by atoms with Crippen LogP contribution < -0.4 is 16.2 Å². The molecule has 0 atom stereocenters. The third kappa shape index (κ3) is 6.33. The number of alkyl halides is 3. The van der Waals surface area contributed by atoms with Gasteiger partial charge in [-0.3, -0.25) is 19.5 Å². The van der Waals surface area contributed by atoms with Crippen molar-refractivity contribution >= 4 is 34.3 Å². The summed E-state index contributed by atoms with van der Waals surface area (Å²) in [5.74, 6) is -0.661. The number of para-hydroxylation sites is 1. The molecule has 0 saturated heterocycles. The average molecular weight is 476 g/mol. The van der Waals surface area contributed by atoms with Crippen LogP contribution in [0.15, 0.2) is 53.6 Å². The molecule has 3 aromatic rings. The minimum absolute atomic E-state index is 0.0453. The number of carbonyl (C=O) groups is 2. The topological polar surface area (TPSA) is 102 Å². The van der Waals surface area contributed by atoms with Crippen molar-refractivity contribution in [3.05, 3.63) is 64.7 Å². The van der Waals surface area contributed by atoms with Gasteiger partial charge in [-0.25, -0.2) is 9.78 Å². The summed E-state index contributed by atoms with van der Waals surface area (Å²) in [6.07, 6.45) is -4.47. The fourth-order valence-corrected chi connectivity index (χ4v) is 3.05. The first-order valence-electron chi connectivity index (χ1n) is 10.3. The third-order valence-corrected chi connectivity index (χ3v) is 4.57. The van der Waals surface area contributed by atoms with Gasteiger partial charge >= 0.3 is 12.3 Å². The Kier molecular flexibility index (Phi) is 6.94. The van der Waals surface area contributed by atoms with Crippen molar-refractivity contribution in [2.45, 2.75) is 45.5 Å². The predicted molar refractivity (Wildman–Crippen MR) is 121 cm³/mol. The SMILES string of the molecule is CC(C)(C)OC(=O)Nc1ccc(C(F)(F)F)cc1NC(=O)CCn1cnc2ccccc2c1=O. The van der Waals surface area contributed by atoms with E-state index in [9.17, 15) is 27.6 Å². The van der Waals surface area contributed by atoms with Crippen molar-refractivity contribution in [3.8, 4) is 0 Å². The van der Waals surface area contributed by atoms with Crippen molar-refractivity contribution in [2.75, 3.05) is 10.6 Å². The summed E-state index contributed by atoms with van der Waals surface area (Å²) in [5.41, 5.74) is -2.00. The van der Waals surface area contributed by atoms with E-state index >= 15 is 0 Å². The molecule has 2 N–H and O–H groups in total. The lowest BCUT2D eigenvalue weighted by molar-refractivity contribution is -0.137. The maximum absolute atomic E-state index is 13.2. The number of halogens is 3. The average Bonchev–Trinajstić information content (AvgIpc) is 2.72. The third-order valence-electron chi connectivity index (χ3n) is 4.57. The van der Waals surface area contributed by atoms with Gasteiger partial charge < -0.3 is 10.1 Å². The van der Waals surface area contributed by atoms with Crippen molar-refractivity contribution in [1.29, 1.82) is 0 Å². The number of aromatic nitrogens is 2. The van der Waals surface area contributed by atoms with E-state index < -0.39 is 29.3 Å². The molecule has 0 saturated carbocycles. The molecule has 0 aliphatic heterocycles. The quantitative estimate of drug-likeness (QED) is 0.551. The monoisotopic (exact) mass is 476 g/mol. The molecule has 1 aromatic heterocycles. The summed E-state index contributed by atoms with van der Waals surface area (Å²) in [5, 5.41) is 5.10. The normalized spacial score (nSPS) is 11.8. The number of carbonyl (C=O) groups excluding carboxylic acids is 2. The number of rotatable bonds is 5. The molecule has 0 spiro atoms. The fraction of sp³-hybridized carbons (Fsp3) is 0.304. The first-order valence-corrected chi connectivity index (χ1v) is 10.3. The van der Waals surface area contributed by atoms with E-state index in [4.69, 9.17) is 4.74 Å². The Labute approximate surface area is 192 Å². The largest absolute Gasteiger partial charge is 0.444 e. The van der Waals surface area contributed by atoms with Gasteiger partial charge in [0.05, 0.1) is 34.2 Å². The van der Waals surface area contributed by atoms with Gasteiger partial charge in [-0.2, -0.15) is 13.2 Å². The van der Waals surface area contributed by atoms with Gasteiger partial charge in [0.2, 0.25) is 5.91 Å². The van der Waals surface area contributed by atoms with Crippen LogP contribution in [0.1, 0.15) is 32.8 Å². The molecule has 0 fully saturated rings. The molecule has 34 heavy (non-hydrogen) atoms. The number of nitrogens with one attached hydrogen (secondary N) is 2.